The molecule has 6 rings (SSSR count). The predicted molar refractivity (Wildman–Crippen MR) is 136 cm³/mol. The number of nitrogens with zero attached hydrogens (tertiary/aromatic N) is 3. The van der Waals surface area contributed by atoms with Crippen LogP contribution in [0.15, 0.2) is 57.6 Å². The number of carboxylic acid groups (broad SMARTS) is 1. The van der Waals surface area contributed by atoms with E-state index in [1.807, 2.05) is 0 Å². The Bertz CT molecular complexity index is 1560. The maximum absolute atomic E-state index is 14.0. The van der Waals surface area contributed by atoms with Gasteiger partial charge in [-0.05, 0) is 18.9 Å². The SMILES string of the molecule is O=C(O)C1(CNC2COc3cc(-c4noc(-c5onc(-c6ccccc6)c5C(F)(F)F)n4)ccc3C2O)CCCC1. The minimum Gasteiger partial charge on any atom is -0.491 e. The number of benzene rings is 2. The zero-order valence-electron chi connectivity index (χ0n) is 21.5. The van der Waals surface area contributed by atoms with Crippen LogP contribution >= 0.6 is 0 Å². The van der Waals surface area contributed by atoms with Gasteiger partial charge in [-0.25, -0.2) is 0 Å². The highest BCUT2D eigenvalue weighted by molar-refractivity contribution is 5.75. The number of alkyl halides is 3. The van der Waals surface area contributed by atoms with Crippen LogP contribution in [0.25, 0.3) is 34.3 Å². The maximum Gasteiger partial charge on any atom is 0.422 e. The Balaban J connectivity index is 1.23. The first-order chi connectivity index (χ1) is 19.7. The molecule has 1 aliphatic heterocycles. The van der Waals surface area contributed by atoms with Crippen molar-refractivity contribution >= 4 is 5.97 Å². The summed E-state index contributed by atoms with van der Waals surface area (Å²) >= 11 is 0. The molecule has 0 amide bonds. The van der Waals surface area contributed by atoms with Crippen LogP contribution in [-0.2, 0) is 11.0 Å². The van der Waals surface area contributed by atoms with Gasteiger partial charge < -0.3 is 29.3 Å². The minimum absolute atomic E-state index is 0.0171. The van der Waals surface area contributed by atoms with Gasteiger partial charge in [-0.15, -0.1) is 0 Å². The molecule has 2 aliphatic rings. The van der Waals surface area contributed by atoms with Crippen LogP contribution in [0.3, 0.4) is 0 Å². The average molecular weight is 571 g/mol. The van der Waals surface area contributed by atoms with Gasteiger partial charge >= 0.3 is 12.1 Å². The molecule has 1 fully saturated rings. The number of aromatic nitrogens is 3. The third kappa shape index (κ3) is 4.95. The number of aliphatic hydroxyl groups is 1. The highest BCUT2D eigenvalue weighted by Crippen LogP contribution is 2.44. The summed E-state index contributed by atoms with van der Waals surface area (Å²) in [5.41, 5.74) is -1.30. The van der Waals surface area contributed by atoms with E-state index in [9.17, 15) is 28.2 Å². The molecule has 2 unspecified atom stereocenters. The molecule has 3 N–H and O–H groups in total. The van der Waals surface area contributed by atoms with Gasteiger partial charge in [-0.3, -0.25) is 4.79 Å². The van der Waals surface area contributed by atoms with E-state index < -0.39 is 52.6 Å². The number of fused-ring (bicyclic) bond motifs is 1. The molecular formula is C28H25F3N4O6. The summed E-state index contributed by atoms with van der Waals surface area (Å²) in [6, 6.07) is 12.0. The van der Waals surface area contributed by atoms with Crippen molar-refractivity contribution in [1.29, 1.82) is 0 Å². The number of ether oxygens (including phenoxy) is 1. The summed E-state index contributed by atoms with van der Waals surface area (Å²) < 4.78 is 58.1. The van der Waals surface area contributed by atoms with E-state index in [1.165, 1.54) is 12.1 Å². The number of hydrogen-bond donors (Lipinski definition) is 3. The Morgan fingerprint density at radius 2 is 1.80 bits per heavy atom. The summed E-state index contributed by atoms with van der Waals surface area (Å²) in [4.78, 5) is 16.0. The smallest absolute Gasteiger partial charge is 0.422 e. The van der Waals surface area contributed by atoms with Crippen molar-refractivity contribution in [3.05, 3.63) is 59.7 Å². The number of halogens is 3. The fraction of sp³-hybridized carbons (Fsp3) is 0.357. The lowest BCUT2D eigenvalue weighted by Gasteiger charge is -2.34. The van der Waals surface area contributed by atoms with Crippen molar-refractivity contribution in [2.24, 2.45) is 5.41 Å². The Morgan fingerprint density at radius 3 is 2.51 bits per heavy atom. The maximum atomic E-state index is 14.0. The number of aliphatic hydroxyl groups excluding tert-OH is 1. The lowest BCUT2D eigenvalue weighted by atomic mass is 9.85. The number of aliphatic carboxylic acids is 1. The Labute approximate surface area is 231 Å². The van der Waals surface area contributed by atoms with Crippen LogP contribution < -0.4 is 10.1 Å². The van der Waals surface area contributed by atoms with Gasteiger partial charge in [0.2, 0.25) is 11.6 Å². The summed E-state index contributed by atoms with van der Waals surface area (Å²) in [5, 5.41) is 31.3. The van der Waals surface area contributed by atoms with Crippen LogP contribution in [0.1, 0.15) is 42.9 Å². The van der Waals surface area contributed by atoms with E-state index in [0.29, 0.717) is 29.7 Å². The van der Waals surface area contributed by atoms with Crippen LogP contribution in [-0.4, -0.2) is 50.7 Å². The third-order valence-electron chi connectivity index (χ3n) is 7.75. The first-order valence-corrected chi connectivity index (χ1v) is 13.0. The average Bonchev–Trinajstić information content (AvgIpc) is 3.73. The molecule has 3 heterocycles. The zero-order valence-corrected chi connectivity index (χ0v) is 21.5. The molecule has 0 spiro atoms. The van der Waals surface area contributed by atoms with Crippen molar-refractivity contribution < 1.29 is 42.0 Å². The standard InChI is InChI=1S/C28H25F3N4O6/c29-28(30,31)20-21(15-6-2-1-3-7-15)34-40-23(20)25-33-24(35-41-25)16-8-9-17-19(12-16)39-13-18(22(17)36)32-14-27(26(37)38)10-4-5-11-27/h1-3,6-9,12,18,22,32,36H,4-5,10-11,13-14H2,(H,37,38). The molecule has 1 aliphatic carbocycles. The number of carboxylic acids is 1. The number of hydrogen-bond acceptors (Lipinski definition) is 9. The fourth-order valence-electron chi connectivity index (χ4n) is 5.47. The van der Waals surface area contributed by atoms with Gasteiger partial charge in [0.15, 0.2) is 0 Å². The van der Waals surface area contributed by atoms with Crippen molar-refractivity contribution in [3.8, 4) is 40.0 Å². The second-order valence-electron chi connectivity index (χ2n) is 10.3. The van der Waals surface area contributed by atoms with Crippen LogP contribution in [0.2, 0.25) is 0 Å². The first-order valence-electron chi connectivity index (χ1n) is 13.0. The molecule has 10 nitrogen and oxygen atoms in total. The minimum atomic E-state index is -4.81. The molecule has 2 aromatic carbocycles. The highest BCUT2D eigenvalue weighted by atomic mass is 19.4. The molecule has 2 atom stereocenters. The summed E-state index contributed by atoms with van der Waals surface area (Å²) in [5.74, 6) is -1.71. The molecule has 0 bridgehead atoms. The van der Waals surface area contributed by atoms with Crippen molar-refractivity contribution in [1.82, 2.24) is 20.6 Å². The Kier molecular flexibility index (Phi) is 6.78. The van der Waals surface area contributed by atoms with Gasteiger partial charge in [0.25, 0.3) is 5.89 Å². The van der Waals surface area contributed by atoms with Gasteiger partial charge in [-0.2, -0.15) is 18.2 Å². The Morgan fingerprint density at radius 1 is 1.05 bits per heavy atom. The van der Waals surface area contributed by atoms with Crippen LogP contribution in [0.5, 0.6) is 5.75 Å². The molecule has 2 aromatic heterocycles. The molecule has 0 saturated heterocycles. The van der Waals surface area contributed by atoms with E-state index in [0.717, 1.165) is 12.8 Å². The number of nitrogens with one attached hydrogen (secondary N) is 1. The molecule has 1 saturated carbocycles. The van der Waals surface area contributed by atoms with Gasteiger partial charge in [-0.1, -0.05) is 65.6 Å². The van der Waals surface area contributed by atoms with Crippen LogP contribution in [0, 0.1) is 5.41 Å². The highest BCUT2D eigenvalue weighted by Gasteiger charge is 2.44. The van der Waals surface area contributed by atoms with Crippen LogP contribution in [0.4, 0.5) is 13.2 Å². The summed E-state index contributed by atoms with van der Waals surface area (Å²) in [6.07, 6.45) is -2.92. The van der Waals surface area contributed by atoms with Gasteiger partial charge in [0.1, 0.15) is 29.7 Å². The van der Waals surface area contributed by atoms with E-state index in [4.69, 9.17) is 13.8 Å². The third-order valence-corrected chi connectivity index (χ3v) is 7.75. The van der Waals surface area contributed by atoms with E-state index in [2.05, 4.69) is 20.6 Å². The second-order valence-corrected chi connectivity index (χ2v) is 10.3. The lowest BCUT2D eigenvalue weighted by molar-refractivity contribution is -0.148. The predicted octanol–water partition coefficient (Wildman–Crippen LogP) is 5.11. The number of rotatable bonds is 7. The topological polar surface area (TPSA) is 144 Å². The Hall–Kier alpha value is -4.23. The summed E-state index contributed by atoms with van der Waals surface area (Å²) in [7, 11) is 0. The second kappa shape index (κ2) is 10.3. The van der Waals surface area contributed by atoms with Gasteiger partial charge in [0.05, 0.1) is 11.5 Å². The van der Waals surface area contributed by atoms with Gasteiger partial charge in [0, 0.05) is 23.2 Å². The molecule has 4 aromatic rings. The van der Waals surface area contributed by atoms with E-state index in [-0.39, 0.29) is 24.5 Å². The monoisotopic (exact) mass is 570 g/mol. The normalized spacial score (nSPS) is 20.0. The molecule has 41 heavy (non-hydrogen) atoms. The first kappa shape index (κ1) is 27.0. The molecule has 13 heteroatoms. The molecule has 0 radical (unpaired) electrons. The lowest BCUT2D eigenvalue weighted by Crippen LogP contribution is -2.48. The molecular weight excluding hydrogens is 545 g/mol. The number of carbonyl (C=O) groups is 1. The van der Waals surface area contributed by atoms with E-state index in [1.54, 1.807) is 36.4 Å². The van der Waals surface area contributed by atoms with E-state index >= 15 is 0 Å². The molecule has 214 valence electrons. The summed E-state index contributed by atoms with van der Waals surface area (Å²) in [6.45, 7) is 0.306. The quantitative estimate of drug-likeness (QED) is 0.274. The fourth-order valence-corrected chi connectivity index (χ4v) is 5.47. The zero-order chi connectivity index (χ0) is 28.8. The largest absolute Gasteiger partial charge is 0.491 e. The van der Waals surface area contributed by atoms with Crippen molar-refractivity contribution in [3.63, 3.8) is 0 Å². The van der Waals surface area contributed by atoms with Crippen molar-refractivity contribution in [2.75, 3.05) is 13.2 Å². The van der Waals surface area contributed by atoms with Crippen molar-refractivity contribution in [2.45, 2.75) is 44.0 Å².